The van der Waals surface area contributed by atoms with E-state index in [1.54, 1.807) is 17.4 Å². The minimum absolute atomic E-state index is 0.00562. The van der Waals surface area contributed by atoms with Crippen LogP contribution in [0.2, 0.25) is 0 Å². The van der Waals surface area contributed by atoms with Gasteiger partial charge in [0, 0.05) is 12.0 Å². The zero-order valence-corrected chi connectivity index (χ0v) is 14.0. The predicted octanol–water partition coefficient (Wildman–Crippen LogP) is 3.45. The summed E-state index contributed by atoms with van der Waals surface area (Å²) in [5.74, 6) is -2.15. The summed E-state index contributed by atoms with van der Waals surface area (Å²) in [7, 11) is 0. The van der Waals surface area contributed by atoms with Gasteiger partial charge >= 0.3 is 11.8 Å². The Kier molecular flexibility index (Phi) is 4.94. The van der Waals surface area contributed by atoms with Crippen molar-refractivity contribution in [2.45, 2.75) is 31.1 Å². The highest BCUT2D eigenvalue weighted by Gasteiger charge is 2.36. The van der Waals surface area contributed by atoms with Gasteiger partial charge in [0.15, 0.2) is 0 Å². The number of hydrogen-bond acceptors (Lipinski definition) is 3. The number of carbonyl (C=O) groups excluding carboxylic acids is 2. The highest BCUT2D eigenvalue weighted by molar-refractivity contribution is 7.08. The van der Waals surface area contributed by atoms with Crippen LogP contribution in [0.4, 0.5) is 10.1 Å². The van der Waals surface area contributed by atoms with Crippen molar-refractivity contribution < 1.29 is 14.0 Å². The topological polar surface area (TPSA) is 58.2 Å². The maximum absolute atomic E-state index is 13.5. The lowest BCUT2D eigenvalue weighted by molar-refractivity contribution is -0.136. The fourth-order valence-corrected chi connectivity index (χ4v) is 4.04. The molecule has 6 heteroatoms. The fourth-order valence-electron chi connectivity index (χ4n) is 3.26. The Balaban J connectivity index is 1.62. The van der Waals surface area contributed by atoms with Crippen molar-refractivity contribution in [3.63, 3.8) is 0 Å². The van der Waals surface area contributed by atoms with Crippen LogP contribution in [0.15, 0.2) is 41.1 Å². The number of carbonyl (C=O) groups is 2. The standard InChI is InChI=1S/C18H19FN2O2S/c19-14-5-1-2-6-15(14)21-17(23)16(22)20-12-18(8-3-4-9-18)13-7-10-24-11-13/h1-2,5-7,10-11H,3-4,8-9,12H2,(H,20,22)(H,21,23). The molecule has 3 rings (SSSR count). The average Bonchev–Trinajstić information content (AvgIpc) is 3.26. The Morgan fingerprint density at radius 3 is 2.54 bits per heavy atom. The third kappa shape index (κ3) is 3.48. The van der Waals surface area contributed by atoms with Crippen LogP contribution < -0.4 is 10.6 Å². The summed E-state index contributed by atoms with van der Waals surface area (Å²) in [6, 6.07) is 7.86. The molecule has 0 saturated heterocycles. The second-order valence-electron chi connectivity index (χ2n) is 6.12. The summed E-state index contributed by atoms with van der Waals surface area (Å²) >= 11 is 1.64. The van der Waals surface area contributed by atoms with Crippen molar-refractivity contribution in [2.75, 3.05) is 11.9 Å². The first-order chi connectivity index (χ1) is 11.6. The summed E-state index contributed by atoms with van der Waals surface area (Å²) in [5, 5.41) is 9.17. The van der Waals surface area contributed by atoms with Crippen LogP contribution in [0.5, 0.6) is 0 Å². The zero-order valence-electron chi connectivity index (χ0n) is 13.2. The molecule has 1 aliphatic rings. The van der Waals surface area contributed by atoms with Gasteiger partial charge in [0.05, 0.1) is 5.69 Å². The molecule has 0 aliphatic heterocycles. The lowest BCUT2D eigenvalue weighted by Gasteiger charge is -2.28. The van der Waals surface area contributed by atoms with E-state index in [1.165, 1.54) is 23.8 Å². The highest BCUT2D eigenvalue weighted by atomic mass is 32.1. The molecule has 1 aromatic heterocycles. The summed E-state index contributed by atoms with van der Waals surface area (Å²) in [6.45, 7) is 0.424. The molecule has 2 amide bonds. The molecule has 1 aromatic carbocycles. The lowest BCUT2D eigenvalue weighted by Crippen LogP contribution is -2.43. The molecule has 0 atom stereocenters. The number of benzene rings is 1. The third-order valence-corrected chi connectivity index (χ3v) is 5.29. The van der Waals surface area contributed by atoms with Gasteiger partial charge in [-0.15, -0.1) is 0 Å². The summed E-state index contributed by atoms with van der Waals surface area (Å²) < 4.78 is 13.5. The van der Waals surface area contributed by atoms with Gasteiger partial charge in [-0.2, -0.15) is 11.3 Å². The lowest BCUT2D eigenvalue weighted by atomic mass is 9.80. The van der Waals surface area contributed by atoms with Gasteiger partial charge in [0.1, 0.15) is 5.82 Å². The van der Waals surface area contributed by atoms with Gasteiger partial charge in [-0.3, -0.25) is 9.59 Å². The van der Waals surface area contributed by atoms with Crippen molar-refractivity contribution in [3.8, 4) is 0 Å². The van der Waals surface area contributed by atoms with E-state index in [-0.39, 0.29) is 11.1 Å². The van der Waals surface area contributed by atoms with Crippen molar-refractivity contribution in [2.24, 2.45) is 0 Å². The van der Waals surface area contributed by atoms with E-state index in [0.717, 1.165) is 25.7 Å². The number of halogens is 1. The van der Waals surface area contributed by atoms with Crippen LogP contribution in [0.1, 0.15) is 31.2 Å². The van der Waals surface area contributed by atoms with Crippen molar-refractivity contribution in [3.05, 3.63) is 52.5 Å². The number of amides is 2. The Morgan fingerprint density at radius 2 is 1.88 bits per heavy atom. The largest absolute Gasteiger partial charge is 0.347 e. The van der Waals surface area contributed by atoms with E-state index >= 15 is 0 Å². The molecule has 0 unspecified atom stereocenters. The normalized spacial score (nSPS) is 15.9. The molecule has 126 valence electrons. The van der Waals surface area contributed by atoms with E-state index in [4.69, 9.17) is 0 Å². The SMILES string of the molecule is O=C(NCC1(c2ccsc2)CCCC1)C(=O)Nc1ccccc1F. The Bertz CT molecular complexity index is 724. The van der Waals surface area contributed by atoms with Crippen molar-refractivity contribution in [1.29, 1.82) is 0 Å². The second kappa shape index (κ2) is 7.13. The molecule has 1 aliphatic carbocycles. The zero-order chi connectivity index (χ0) is 17.0. The molecule has 24 heavy (non-hydrogen) atoms. The Labute approximate surface area is 144 Å². The molecule has 2 aromatic rings. The van der Waals surface area contributed by atoms with Gasteiger partial charge in [0.25, 0.3) is 0 Å². The molecule has 1 heterocycles. The van der Waals surface area contributed by atoms with Gasteiger partial charge in [0.2, 0.25) is 0 Å². The Morgan fingerprint density at radius 1 is 1.12 bits per heavy atom. The molecule has 0 spiro atoms. The Hall–Kier alpha value is -2.21. The van der Waals surface area contributed by atoms with Crippen molar-refractivity contribution >= 4 is 28.8 Å². The number of hydrogen-bond donors (Lipinski definition) is 2. The first kappa shape index (κ1) is 16.6. The van der Waals surface area contributed by atoms with Crippen LogP contribution in [0.25, 0.3) is 0 Å². The monoisotopic (exact) mass is 346 g/mol. The summed E-state index contributed by atoms with van der Waals surface area (Å²) in [5.41, 5.74) is 1.14. The van der Waals surface area contributed by atoms with Crippen LogP contribution in [0.3, 0.4) is 0 Å². The van der Waals surface area contributed by atoms with E-state index in [9.17, 15) is 14.0 Å². The molecular weight excluding hydrogens is 327 g/mol. The molecule has 1 saturated carbocycles. The average molecular weight is 346 g/mol. The van der Waals surface area contributed by atoms with Gasteiger partial charge < -0.3 is 10.6 Å². The van der Waals surface area contributed by atoms with Gasteiger partial charge in [-0.05, 0) is 47.4 Å². The van der Waals surface area contributed by atoms with Crippen molar-refractivity contribution in [1.82, 2.24) is 5.32 Å². The summed E-state index contributed by atoms with van der Waals surface area (Å²) in [6.07, 6.45) is 4.23. The number of nitrogens with one attached hydrogen (secondary N) is 2. The highest BCUT2D eigenvalue weighted by Crippen LogP contribution is 2.41. The number of para-hydroxylation sites is 1. The maximum atomic E-state index is 13.5. The molecule has 1 fully saturated rings. The first-order valence-corrected chi connectivity index (χ1v) is 8.91. The number of thiophene rings is 1. The van der Waals surface area contributed by atoms with E-state index in [1.807, 2.05) is 5.38 Å². The van der Waals surface area contributed by atoms with E-state index in [0.29, 0.717) is 6.54 Å². The van der Waals surface area contributed by atoms with E-state index in [2.05, 4.69) is 22.1 Å². The number of anilines is 1. The first-order valence-electron chi connectivity index (χ1n) is 7.97. The fraction of sp³-hybridized carbons (Fsp3) is 0.333. The van der Waals surface area contributed by atoms with Crippen LogP contribution in [-0.2, 0) is 15.0 Å². The number of rotatable bonds is 4. The van der Waals surface area contributed by atoms with Crippen LogP contribution in [0, 0.1) is 5.82 Å². The molecule has 0 bridgehead atoms. The molecule has 4 nitrogen and oxygen atoms in total. The van der Waals surface area contributed by atoms with Gasteiger partial charge in [-0.25, -0.2) is 4.39 Å². The minimum Gasteiger partial charge on any atom is -0.347 e. The van der Waals surface area contributed by atoms with Crippen LogP contribution in [-0.4, -0.2) is 18.4 Å². The van der Waals surface area contributed by atoms with E-state index < -0.39 is 17.6 Å². The molecular formula is C18H19FN2O2S. The molecule has 0 radical (unpaired) electrons. The summed E-state index contributed by atoms with van der Waals surface area (Å²) in [4.78, 5) is 24.1. The van der Waals surface area contributed by atoms with Crippen LogP contribution >= 0.6 is 11.3 Å². The quantitative estimate of drug-likeness (QED) is 0.833. The predicted molar refractivity (Wildman–Crippen MR) is 92.5 cm³/mol. The van der Waals surface area contributed by atoms with Gasteiger partial charge in [-0.1, -0.05) is 25.0 Å². The minimum atomic E-state index is -0.849. The smallest absolute Gasteiger partial charge is 0.313 e. The third-order valence-electron chi connectivity index (χ3n) is 4.61. The second-order valence-corrected chi connectivity index (χ2v) is 6.90. The molecule has 2 N–H and O–H groups in total. The maximum Gasteiger partial charge on any atom is 0.313 e.